The molecule has 8 heteroatoms. The van der Waals surface area contributed by atoms with Gasteiger partial charge in [-0.15, -0.1) is 0 Å². The molecule has 4 aliphatic rings. The highest BCUT2D eigenvalue weighted by atomic mass is 16.7. The number of carbonyl (C=O) groups is 1. The standard InChI is InChI=1S/C21H30O8/c1-9-4-5-13(28-20-17(25)16(24)15(23)12(8-22)27-20)21(3)7-6-11-10(2)19(26)29-18(11)14(9)21/h11-18,20,22-25H,1-2,4-8H2,3H3. The minimum atomic E-state index is -1.48. The van der Waals surface area contributed by atoms with Crippen LogP contribution in [-0.4, -0.2) is 75.9 Å². The van der Waals surface area contributed by atoms with Crippen molar-refractivity contribution in [3.8, 4) is 0 Å². The molecule has 2 heterocycles. The number of carbonyl (C=O) groups excluding carboxylic acids is 1. The summed E-state index contributed by atoms with van der Waals surface area (Å²) in [6, 6.07) is 0. The van der Waals surface area contributed by atoms with Crippen LogP contribution in [-0.2, 0) is 19.0 Å². The number of fused-ring (bicyclic) bond motifs is 3. The Hall–Kier alpha value is -1.29. The first-order chi connectivity index (χ1) is 13.7. The van der Waals surface area contributed by atoms with E-state index in [1.807, 2.05) is 0 Å². The number of esters is 1. The fraction of sp³-hybridized carbons (Fsp3) is 0.762. The summed E-state index contributed by atoms with van der Waals surface area (Å²) in [6.07, 6.45) is -4.39. The van der Waals surface area contributed by atoms with Gasteiger partial charge in [0, 0.05) is 22.8 Å². The summed E-state index contributed by atoms with van der Waals surface area (Å²) in [4.78, 5) is 12.1. The molecule has 0 bridgehead atoms. The predicted octanol–water partition coefficient (Wildman–Crippen LogP) is 0.0356. The summed E-state index contributed by atoms with van der Waals surface area (Å²) in [5.41, 5.74) is 1.13. The Labute approximate surface area is 169 Å². The summed E-state index contributed by atoms with van der Waals surface area (Å²) in [5.74, 6) is -0.481. The third kappa shape index (κ3) is 3.17. The molecular weight excluding hydrogens is 380 g/mol. The van der Waals surface area contributed by atoms with E-state index in [0.717, 1.165) is 18.4 Å². The number of aliphatic hydroxyl groups excluding tert-OH is 4. The van der Waals surface area contributed by atoms with E-state index < -0.39 is 42.7 Å². The van der Waals surface area contributed by atoms with Crippen LogP contribution < -0.4 is 0 Å². The molecule has 4 N–H and O–H groups in total. The second-order valence-electron chi connectivity index (χ2n) is 9.04. The van der Waals surface area contributed by atoms with Crippen LogP contribution in [0.15, 0.2) is 24.3 Å². The molecule has 29 heavy (non-hydrogen) atoms. The normalized spacial score (nSPS) is 50.1. The van der Waals surface area contributed by atoms with Crippen molar-refractivity contribution in [2.75, 3.05) is 6.61 Å². The molecule has 0 aromatic heterocycles. The van der Waals surface area contributed by atoms with Crippen molar-refractivity contribution in [2.24, 2.45) is 17.3 Å². The molecule has 4 fully saturated rings. The molecule has 0 amide bonds. The highest BCUT2D eigenvalue weighted by Gasteiger charge is 2.59. The van der Waals surface area contributed by atoms with E-state index in [-0.39, 0.29) is 30.0 Å². The summed E-state index contributed by atoms with van der Waals surface area (Å²) in [7, 11) is 0. The molecule has 2 aliphatic carbocycles. The molecule has 8 nitrogen and oxygen atoms in total. The molecule has 10 atom stereocenters. The van der Waals surface area contributed by atoms with Crippen LogP contribution in [0, 0.1) is 17.3 Å². The molecule has 162 valence electrons. The van der Waals surface area contributed by atoms with Gasteiger partial charge in [0.1, 0.15) is 30.5 Å². The van der Waals surface area contributed by atoms with Crippen LogP contribution in [0.4, 0.5) is 0 Å². The first-order valence-electron chi connectivity index (χ1n) is 10.2. The van der Waals surface area contributed by atoms with Crippen molar-refractivity contribution in [1.82, 2.24) is 0 Å². The van der Waals surface area contributed by atoms with Crippen molar-refractivity contribution in [3.05, 3.63) is 24.3 Å². The first-order valence-corrected chi connectivity index (χ1v) is 10.2. The highest BCUT2D eigenvalue weighted by molar-refractivity contribution is 5.91. The molecule has 0 aromatic carbocycles. The quantitative estimate of drug-likeness (QED) is 0.292. The zero-order chi connectivity index (χ0) is 21.1. The van der Waals surface area contributed by atoms with Gasteiger partial charge in [-0.1, -0.05) is 25.7 Å². The summed E-state index contributed by atoms with van der Waals surface area (Å²) < 4.78 is 17.4. The Morgan fingerprint density at radius 1 is 1.17 bits per heavy atom. The maximum absolute atomic E-state index is 12.1. The fourth-order valence-electron chi connectivity index (χ4n) is 5.69. The minimum Gasteiger partial charge on any atom is -0.458 e. The van der Waals surface area contributed by atoms with E-state index in [1.54, 1.807) is 0 Å². The zero-order valence-corrected chi connectivity index (χ0v) is 16.6. The highest BCUT2D eigenvalue weighted by Crippen LogP contribution is 2.58. The van der Waals surface area contributed by atoms with Crippen LogP contribution >= 0.6 is 0 Å². The van der Waals surface area contributed by atoms with Crippen LogP contribution in [0.2, 0.25) is 0 Å². The number of aliphatic hydroxyl groups is 4. The van der Waals surface area contributed by atoms with Crippen molar-refractivity contribution >= 4 is 5.97 Å². The second kappa shape index (κ2) is 7.44. The molecule has 4 rings (SSSR count). The van der Waals surface area contributed by atoms with Gasteiger partial charge < -0.3 is 34.6 Å². The lowest BCUT2D eigenvalue weighted by Gasteiger charge is -2.55. The zero-order valence-electron chi connectivity index (χ0n) is 16.6. The smallest absolute Gasteiger partial charge is 0.334 e. The maximum atomic E-state index is 12.1. The number of ether oxygens (including phenoxy) is 3. The van der Waals surface area contributed by atoms with Crippen LogP contribution in [0.3, 0.4) is 0 Å². The monoisotopic (exact) mass is 410 g/mol. The Balaban J connectivity index is 1.57. The summed E-state index contributed by atoms with van der Waals surface area (Å²) in [5, 5.41) is 39.8. The van der Waals surface area contributed by atoms with Gasteiger partial charge >= 0.3 is 5.97 Å². The van der Waals surface area contributed by atoms with Gasteiger partial charge in [0.2, 0.25) is 0 Å². The maximum Gasteiger partial charge on any atom is 0.334 e. The average Bonchev–Trinajstić information content (AvgIpc) is 2.97. The summed E-state index contributed by atoms with van der Waals surface area (Å²) in [6.45, 7) is 9.70. The molecule has 0 spiro atoms. The van der Waals surface area contributed by atoms with Crippen molar-refractivity contribution in [3.63, 3.8) is 0 Å². The van der Waals surface area contributed by atoms with Crippen LogP contribution in [0.5, 0.6) is 0 Å². The summed E-state index contributed by atoms with van der Waals surface area (Å²) >= 11 is 0. The molecule has 0 radical (unpaired) electrons. The molecule has 2 aliphatic heterocycles. The van der Waals surface area contributed by atoms with E-state index in [2.05, 4.69) is 20.1 Å². The van der Waals surface area contributed by atoms with E-state index >= 15 is 0 Å². The first kappa shape index (κ1) is 21.0. The lowest BCUT2D eigenvalue weighted by Crippen LogP contribution is -2.61. The minimum absolute atomic E-state index is 0.0247. The van der Waals surface area contributed by atoms with Crippen LogP contribution in [0.1, 0.15) is 32.6 Å². The van der Waals surface area contributed by atoms with Gasteiger partial charge in [0.05, 0.1) is 12.7 Å². The average molecular weight is 410 g/mol. The fourth-order valence-corrected chi connectivity index (χ4v) is 5.69. The molecule has 2 saturated carbocycles. The number of hydrogen-bond donors (Lipinski definition) is 4. The van der Waals surface area contributed by atoms with Gasteiger partial charge in [-0.25, -0.2) is 4.79 Å². The number of rotatable bonds is 3. The lowest BCUT2D eigenvalue weighted by molar-refractivity contribution is -0.325. The Morgan fingerprint density at radius 3 is 2.59 bits per heavy atom. The van der Waals surface area contributed by atoms with Gasteiger partial charge in [-0.2, -0.15) is 0 Å². The molecule has 2 saturated heterocycles. The van der Waals surface area contributed by atoms with Crippen molar-refractivity contribution in [1.29, 1.82) is 0 Å². The Kier molecular flexibility index (Phi) is 5.38. The second-order valence-corrected chi connectivity index (χ2v) is 9.04. The van der Waals surface area contributed by atoms with Gasteiger partial charge in [0.15, 0.2) is 6.29 Å². The van der Waals surface area contributed by atoms with E-state index in [0.29, 0.717) is 18.4 Å². The van der Waals surface area contributed by atoms with Crippen molar-refractivity contribution < 1.29 is 39.4 Å². The third-order valence-electron chi connectivity index (χ3n) is 7.43. The van der Waals surface area contributed by atoms with E-state index in [1.165, 1.54) is 0 Å². The van der Waals surface area contributed by atoms with Crippen LogP contribution in [0.25, 0.3) is 0 Å². The Morgan fingerprint density at radius 2 is 1.90 bits per heavy atom. The molecule has 0 aromatic rings. The van der Waals surface area contributed by atoms with Gasteiger partial charge in [0.25, 0.3) is 0 Å². The predicted molar refractivity (Wildman–Crippen MR) is 100 cm³/mol. The SMILES string of the molecule is C=C1C(=O)OC2C1CCC1(C)C(OC3OC(CO)C(O)C(O)C3O)CCC(=C)C21. The lowest BCUT2D eigenvalue weighted by atomic mass is 9.54. The van der Waals surface area contributed by atoms with Gasteiger partial charge in [-0.05, 0) is 25.7 Å². The molecular formula is C21H30O8. The molecule has 10 unspecified atom stereocenters. The topological polar surface area (TPSA) is 126 Å². The van der Waals surface area contributed by atoms with E-state index in [9.17, 15) is 25.2 Å². The third-order valence-corrected chi connectivity index (χ3v) is 7.43. The van der Waals surface area contributed by atoms with E-state index in [4.69, 9.17) is 14.2 Å². The number of hydrogen-bond acceptors (Lipinski definition) is 8. The van der Waals surface area contributed by atoms with Gasteiger partial charge in [-0.3, -0.25) is 0 Å². The van der Waals surface area contributed by atoms with Crippen molar-refractivity contribution in [2.45, 2.75) is 75.5 Å². The largest absolute Gasteiger partial charge is 0.458 e. The Bertz CT molecular complexity index is 705.